The molecule has 0 saturated heterocycles. The smallest absolute Gasteiger partial charge is 0.254 e. The Kier molecular flexibility index (Phi) is 7.40. The van der Waals surface area contributed by atoms with Crippen molar-refractivity contribution in [3.8, 4) is 5.75 Å². The van der Waals surface area contributed by atoms with Crippen molar-refractivity contribution in [3.05, 3.63) is 69.8 Å². The van der Waals surface area contributed by atoms with Crippen LogP contribution in [0.3, 0.4) is 0 Å². The maximum Gasteiger partial charge on any atom is 0.254 e. The second-order valence-electron chi connectivity index (χ2n) is 9.95. The molecule has 1 fully saturated rings. The molecule has 0 bridgehead atoms. The first-order valence-electron chi connectivity index (χ1n) is 13.0. The molecule has 1 atom stereocenters. The molecule has 0 unspecified atom stereocenters. The second kappa shape index (κ2) is 10.7. The maximum atomic E-state index is 14.0. The number of aromatic nitrogens is 3. The van der Waals surface area contributed by atoms with E-state index in [0.29, 0.717) is 36.5 Å². The Bertz CT molecular complexity index is 1290. The fourth-order valence-corrected chi connectivity index (χ4v) is 5.40. The molecule has 3 aromatic rings. The van der Waals surface area contributed by atoms with Crippen LogP contribution in [-0.4, -0.2) is 63.5 Å². The number of nitrogens with zero attached hydrogens (tertiary/aromatic N) is 5. The van der Waals surface area contributed by atoms with Crippen LogP contribution in [0.5, 0.6) is 5.75 Å². The predicted octanol–water partition coefficient (Wildman–Crippen LogP) is 4.77. The molecule has 8 nitrogen and oxygen atoms in total. The highest BCUT2D eigenvalue weighted by Crippen LogP contribution is 2.34. The van der Waals surface area contributed by atoms with Gasteiger partial charge < -0.3 is 19.5 Å². The summed E-state index contributed by atoms with van der Waals surface area (Å²) >= 11 is 6.26. The standard InChI is InChI=1S/C28H35ClN6O2/c1-5-37-26-14-25(32-15-24(26)29)18(2)35-10-8-22-20(17-33(4)21-6-7-21)12-19(13-23(22)27(35)36)16-34-11-9-31-28(34)30-3/h9,11-15,18,21H,5-8,10,16-17H2,1-4H3,(H,30,31)/t18-/m0/s1. The number of nitrogens with one attached hydrogen (secondary N) is 1. The fourth-order valence-electron chi connectivity index (χ4n) is 5.24. The lowest BCUT2D eigenvalue weighted by atomic mass is 9.90. The van der Waals surface area contributed by atoms with Crippen LogP contribution < -0.4 is 10.1 Å². The van der Waals surface area contributed by atoms with Gasteiger partial charge in [0.15, 0.2) is 0 Å². The van der Waals surface area contributed by atoms with Gasteiger partial charge in [0.05, 0.1) is 24.9 Å². The van der Waals surface area contributed by atoms with Gasteiger partial charge in [0, 0.05) is 56.4 Å². The summed E-state index contributed by atoms with van der Waals surface area (Å²) in [6.45, 7) is 6.59. The number of hydrogen-bond donors (Lipinski definition) is 1. The van der Waals surface area contributed by atoms with E-state index in [4.69, 9.17) is 16.3 Å². The molecule has 2 aromatic heterocycles. The van der Waals surface area contributed by atoms with Gasteiger partial charge in [0.2, 0.25) is 5.95 Å². The number of ether oxygens (including phenoxy) is 1. The molecule has 1 N–H and O–H groups in total. The van der Waals surface area contributed by atoms with Crippen LogP contribution in [0, 0.1) is 0 Å². The second-order valence-corrected chi connectivity index (χ2v) is 10.4. The first-order valence-corrected chi connectivity index (χ1v) is 13.4. The van der Waals surface area contributed by atoms with Gasteiger partial charge in [-0.15, -0.1) is 0 Å². The average molecular weight is 523 g/mol. The molecule has 0 radical (unpaired) electrons. The Morgan fingerprint density at radius 2 is 2.08 bits per heavy atom. The number of benzene rings is 1. The Balaban J connectivity index is 1.47. The van der Waals surface area contributed by atoms with E-state index in [1.165, 1.54) is 24.0 Å². The van der Waals surface area contributed by atoms with Gasteiger partial charge in [-0.25, -0.2) is 4.98 Å². The number of carbonyl (C=O) groups excluding carboxylic acids is 1. The molecule has 37 heavy (non-hydrogen) atoms. The molecule has 1 aromatic carbocycles. The molecule has 0 spiro atoms. The third-order valence-electron chi connectivity index (χ3n) is 7.41. The number of anilines is 1. The zero-order valence-electron chi connectivity index (χ0n) is 22.0. The molecule has 9 heteroatoms. The monoisotopic (exact) mass is 522 g/mol. The highest BCUT2D eigenvalue weighted by molar-refractivity contribution is 6.31. The molecule has 196 valence electrons. The summed E-state index contributed by atoms with van der Waals surface area (Å²) in [7, 11) is 4.05. The molecule has 5 rings (SSSR count). The number of fused-ring (bicyclic) bond motifs is 1. The van der Waals surface area contributed by atoms with E-state index in [2.05, 4.69) is 43.9 Å². The fraction of sp³-hybridized carbons (Fsp3) is 0.464. The third kappa shape index (κ3) is 5.31. The van der Waals surface area contributed by atoms with E-state index in [1.54, 1.807) is 12.4 Å². The molecule has 2 aliphatic rings. The van der Waals surface area contributed by atoms with Crippen molar-refractivity contribution in [1.29, 1.82) is 0 Å². The Morgan fingerprint density at radius 3 is 2.81 bits per heavy atom. The van der Waals surface area contributed by atoms with Crippen LogP contribution in [0.25, 0.3) is 0 Å². The van der Waals surface area contributed by atoms with E-state index >= 15 is 0 Å². The van der Waals surface area contributed by atoms with Crippen molar-refractivity contribution in [1.82, 2.24) is 24.3 Å². The topological polar surface area (TPSA) is 75.5 Å². The lowest BCUT2D eigenvalue weighted by molar-refractivity contribution is 0.0667. The summed E-state index contributed by atoms with van der Waals surface area (Å²) in [6.07, 6.45) is 8.67. The summed E-state index contributed by atoms with van der Waals surface area (Å²) in [5.41, 5.74) is 5.07. The van der Waals surface area contributed by atoms with Gasteiger partial charge in [-0.2, -0.15) is 0 Å². The van der Waals surface area contributed by atoms with Gasteiger partial charge in [-0.05, 0) is 62.9 Å². The van der Waals surface area contributed by atoms with Crippen LogP contribution in [0.4, 0.5) is 5.95 Å². The Labute approximate surface area is 223 Å². The van der Waals surface area contributed by atoms with E-state index in [-0.39, 0.29) is 11.9 Å². The zero-order chi connectivity index (χ0) is 26.1. The summed E-state index contributed by atoms with van der Waals surface area (Å²) in [5.74, 6) is 1.44. The number of imidazole rings is 1. The van der Waals surface area contributed by atoms with Crippen molar-refractivity contribution in [2.24, 2.45) is 0 Å². The van der Waals surface area contributed by atoms with E-state index < -0.39 is 0 Å². The number of halogens is 1. The molecule has 1 amide bonds. The normalized spacial score (nSPS) is 16.2. The molecule has 3 heterocycles. The quantitative estimate of drug-likeness (QED) is 0.413. The minimum absolute atomic E-state index is 0.0418. The SMILES string of the molecule is CCOc1cc([C@H](C)N2CCc3c(CN(C)C4CC4)cc(Cn4ccnc4NC)cc3C2=O)ncc1Cl. The summed E-state index contributed by atoms with van der Waals surface area (Å²) < 4.78 is 7.73. The average Bonchev–Trinajstić information content (AvgIpc) is 3.65. The molecule has 1 saturated carbocycles. The lowest BCUT2D eigenvalue weighted by Gasteiger charge is -2.35. The number of hydrogen-bond acceptors (Lipinski definition) is 6. The van der Waals surface area contributed by atoms with Gasteiger partial charge in [0.1, 0.15) is 10.8 Å². The van der Waals surface area contributed by atoms with E-state index in [9.17, 15) is 4.79 Å². The molecule has 1 aliphatic carbocycles. The largest absolute Gasteiger partial charge is 0.492 e. The predicted molar refractivity (Wildman–Crippen MR) is 145 cm³/mol. The zero-order valence-corrected chi connectivity index (χ0v) is 22.8. The molecular formula is C28H35ClN6O2. The van der Waals surface area contributed by atoms with E-state index in [0.717, 1.165) is 35.7 Å². The van der Waals surface area contributed by atoms with Crippen molar-refractivity contribution in [3.63, 3.8) is 0 Å². The number of rotatable bonds is 10. The van der Waals surface area contributed by atoms with Gasteiger partial charge in [0.25, 0.3) is 5.91 Å². The lowest BCUT2D eigenvalue weighted by Crippen LogP contribution is -2.40. The van der Waals surface area contributed by atoms with Gasteiger partial charge >= 0.3 is 0 Å². The highest BCUT2D eigenvalue weighted by atomic mass is 35.5. The van der Waals surface area contributed by atoms with Gasteiger partial charge in [-0.3, -0.25) is 14.7 Å². The number of carbonyl (C=O) groups is 1. The van der Waals surface area contributed by atoms with Crippen molar-refractivity contribution in [2.45, 2.75) is 58.3 Å². The summed E-state index contributed by atoms with van der Waals surface area (Å²) in [4.78, 5) is 27.2. The van der Waals surface area contributed by atoms with Crippen molar-refractivity contribution in [2.75, 3.05) is 32.6 Å². The number of pyridine rings is 1. The van der Waals surface area contributed by atoms with Crippen LogP contribution in [0.15, 0.2) is 36.8 Å². The van der Waals surface area contributed by atoms with Crippen molar-refractivity contribution < 1.29 is 9.53 Å². The van der Waals surface area contributed by atoms with E-state index in [1.807, 2.05) is 38.1 Å². The number of amides is 1. The minimum atomic E-state index is -0.206. The first kappa shape index (κ1) is 25.5. The van der Waals surface area contributed by atoms with Crippen molar-refractivity contribution >= 4 is 23.5 Å². The summed E-state index contributed by atoms with van der Waals surface area (Å²) in [6, 6.07) is 6.64. The Hall–Kier alpha value is -3.10. The Morgan fingerprint density at radius 1 is 1.27 bits per heavy atom. The summed E-state index contributed by atoms with van der Waals surface area (Å²) in [5, 5.41) is 3.61. The van der Waals surface area contributed by atoms with Crippen LogP contribution >= 0.6 is 11.6 Å². The van der Waals surface area contributed by atoms with Gasteiger partial charge in [-0.1, -0.05) is 17.7 Å². The van der Waals surface area contributed by atoms with Crippen LogP contribution in [-0.2, 0) is 19.5 Å². The maximum absolute atomic E-state index is 14.0. The van der Waals surface area contributed by atoms with Crippen LogP contribution in [0.2, 0.25) is 5.02 Å². The molecule has 1 aliphatic heterocycles. The highest BCUT2D eigenvalue weighted by Gasteiger charge is 2.33. The molecular weight excluding hydrogens is 488 g/mol. The van der Waals surface area contributed by atoms with Crippen LogP contribution in [0.1, 0.15) is 65.5 Å². The first-order chi connectivity index (χ1) is 17.9. The minimum Gasteiger partial charge on any atom is -0.492 e. The third-order valence-corrected chi connectivity index (χ3v) is 7.70.